The van der Waals surface area contributed by atoms with Gasteiger partial charge in [-0.2, -0.15) is 0 Å². The van der Waals surface area contributed by atoms with Gasteiger partial charge < -0.3 is 0 Å². The van der Waals surface area contributed by atoms with Crippen molar-refractivity contribution < 1.29 is 0 Å². The van der Waals surface area contributed by atoms with Crippen LogP contribution in [0.4, 0.5) is 0 Å². The molecule has 5 aromatic carbocycles. The predicted octanol–water partition coefficient (Wildman–Crippen LogP) is 8.98. The lowest BCUT2D eigenvalue weighted by Crippen LogP contribution is -1.98. The average molecular weight is 511 g/mol. The zero-order valence-electron chi connectivity index (χ0n) is 21.5. The van der Waals surface area contributed by atoms with Gasteiger partial charge in [0.15, 0.2) is 0 Å². The van der Waals surface area contributed by atoms with Crippen molar-refractivity contribution in [2.24, 2.45) is 0 Å². The minimum Gasteiger partial charge on any atom is -0.294 e. The second-order valence-corrected chi connectivity index (χ2v) is 10.3. The van der Waals surface area contributed by atoms with Gasteiger partial charge in [0, 0.05) is 32.3 Å². The van der Waals surface area contributed by atoms with E-state index in [-0.39, 0.29) is 0 Å². The van der Waals surface area contributed by atoms with E-state index in [1.165, 1.54) is 21.5 Å². The summed E-state index contributed by atoms with van der Waals surface area (Å²) < 4.78 is 4.61. The first kappa shape index (κ1) is 21.5. The first-order chi connectivity index (χ1) is 19.8. The van der Waals surface area contributed by atoms with Gasteiger partial charge in [0.1, 0.15) is 11.6 Å². The highest BCUT2D eigenvalue weighted by Gasteiger charge is 2.19. The standard InChI is InChI=1S/C36H22N4/c1-5-13-29-23(9-1)17-19-35(37-29)39-31-15-7-3-11-25(31)27-22-34-28(21-33(27)39)26-12-4-8-16-32(26)40(34)36-20-18-24-10-2-6-14-30(24)38-36/h1-22H. The highest BCUT2D eigenvalue weighted by molar-refractivity contribution is 6.19. The van der Waals surface area contributed by atoms with Crippen molar-refractivity contribution in [1.82, 2.24) is 19.1 Å². The van der Waals surface area contributed by atoms with Crippen LogP contribution >= 0.6 is 0 Å². The van der Waals surface area contributed by atoms with Gasteiger partial charge in [0.25, 0.3) is 0 Å². The minimum atomic E-state index is 0.921. The number of pyridine rings is 2. The van der Waals surface area contributed by atoms with Crippen molar-refractivity contribution >= 4 is 65.4 Å². The van der Waals surface area contributed by atoms with Crippen LogP contribution < -0.4 is 0 Å². The van der Waals surface area contributed by atoms with Crippen LogP contribution in [0.1, 0.15) is 0 Å². The monoisotopic (exact) mass is 510 g/mol. The minimum absolute atomic E-state index is 0.921. The molecular weight excluding hydrogens is 488 g/mol. The normalized spacial score (nSPS) is 12.0. The highest BCUT2D eigenvalue weighted by atomic mass is 15.1. The number of hydrogen-bond acceptors (Lipinski definition) is 2. The molecule has 40 heavy (non-hydrogen) atoms. The molecule has 0 radical (unpaired) electrons. The molecule has 0 aliphatic carbocycles. The molecule has 4 aromatic heterocycles. The number of para-hydroxylation sites is 4. The first-order valence-electron chi connectivity index (χ1n) is 13.5. The average Bonchev–Trinajstić information content (AvgIpc) is 3.51. The highest BCUT2D eigenvalue weighted by Crippen LogP contribution is 2.39. The third-order valence-electron chi connectivity index (χ3n) is 8.09. The van der Waals surface area contributed by atoms with Crippen LogP contribution in [0.15, 0.2) is 133 Å². The SMILES string of the molecule is c1ccc2nc(-n3c4ccccc4c4cc5c(cc43)c3ccccc3n5-c3ccc4ccccc4n3)ccc2c1. The Bertz CT molecular complexity index is 2270. The van der Waals surface area contributed by atoms with E-state index in [1.807, 2.05) is 12.1 Å². The maximum Gasteiger partial charge on any atom is 0.138 e. The van der Waals surface area contributed by atoms with Crippen molar-refractivity contribution in [3.63, 3.8) is 0 Å². The van der Waals surface area contributed by atoms with Gasteiger partial charge in [-0.3, -0.25) is 9.13 Å². The van der Waals surface area contributed by atoms with Gasteiger partial charge in [-0.05, 0) is 60.7 Å². The Labute approximate surface area is 229 Å². The fourth-order valence-corrected chi connectivity index (χ4v) is 6.28. The van der Waals surface area contributed by atoms with Crippen LogP contribution in [0, 0.1) is 0 Å². The molecule has 0 atom stereocenters. The van der Waals surface area contributed by atoms with Crippen molar-refractivity contribution in [3.8, 4) is 11.6 Å². The fraction of sp³-hybridized carbons (Fsp3) is 0. The topological polar surface area (TPSA) is 35.6 Å². The summed E-state index contributed by atoms with van der Waals surface area (Å²) in [5.41, 5.74) is 6.56. The zero-order valence-corrected chi connectivity index (χ0v) is 21.5. The van der Waals surface area contributed by atoms with E-state index in [0.717, 1.165) is 55.5 Å². The van der Waals surface area contributed by atoms with Crippen LogP contribution in [-0.4, -0.2) is 19.1 Å². The van der Waals surface area contributed by atoms with E-state index < -0.39 is 0 Å². The first-order valence-corrected chi connectivity index (χ1v) is 13.5. The van der Waals surface area contributed by atoms with Gasteiger partial charge in [0.05, 0.1) is 33.1 Å². The lowest BCUT2D eigenvalue weighted by atomic mass is 10.1. The lowest BCUT2D eigenvalue weighted by molar-refractivity contribution is 1.10. The Balaban J connectivity index is 1.41. The number of benzene rings is 5. The van der Waals surface area contributed by atoms with E-state index in [4.69, 9.17) is 9.97 Å². The molecule has 9 rings (SSSR count). The Morgan fingerprint density at radius 1 is 0.350 bits per heavy atom. The van der Waals surface area contributed by atoms with Crippen LogP contribution in [0.2, 0.25) is 0 Å². The molecule has 0 fully saturated rings. The summed E-state index contributed by atoms with van der Waals surface area (Å²) in [6.07, 6.45) is 0. The summed E-state index contributed by atoms with van der Waals surface area (Å²) in [5.74, 6) is 1.84. The van der Waals surface area contributed by atoms with E-state index in [9.17, 15) is 0 Å². The van der Waals surface area contributed by atoms with Crippen LogP contribution in [0.5, 0.6) is 0 Å². The van der Waals surface area contributed by atoms with Crippen LogP contribution in [-0.2, 0) is 0 Å². The van der Waals surface area contributed by atoms with Crippen molar-refractivity contribution in [2.45, 2.75) is 0 Å². The van der Waals surface area contributed by atoms with E-state index in [1.54, 1.807) is 0 Å². The summed E-state index contributed by atoms with van der Waals surface area (Å²) in [6.45, 7) is 0. The van der Waals surface area contributed by atoms with Gasteiger partial charge >= 0.3 is 0 Å². The van der Waals surface area contributed by atoms with Crippen LogP contribution in [0.25, 0.3) is 77.1 Å². The largest absolute Gasteiger partial charge is 0.294 e. The molecule has 0 aliphatic rings. The maximum atomic E-state index is 5.09. The zero-order chi connectivity index (χ0) is 26.2. The fourth-order valence-electron chi connectivity index (χ4n) is 6.28. The van der Waals surface area contributed by atoms with E-state index in [2.05, 4.69) is 130 Å². The molecule has 0 saturated heterocycles. The van der Waals surface area contributed by atoms with Gasteiger partial charge in [-0.25, -0.2) is 9.97 Å². The molecule has 9 aromatic rings. The smallest absolute Gasteiger partial charge is 0.138 e. The second-order valence-electron chi connectivity index (χ2n) is 10.3. The molecule has 0 aliphatic heterocycles. The van der Waals surface area contributed by atoms with Gasteiger partial charge in [0.2, 0.25) is 0 Å². The molecular formula is C36H22N4. The molecule has 4 nitrogen and oxygen atoms in total. The number of fused-ring (bicyclic) bond motifs is 8. The van der Waals surface area contributed by atoms with Crippen molar-refractivity contribution in [1.29, 1.82) is 0 Å². The number of rotatable bonds is 2. The Morgan fingerprint density at radius 2 is 0.775 bits per heavy atom. The molecule has 0 saturated carbocycles. The molecule has 0 N–H and O–H groups in total. The van der Waals surface area contributed by atoms with Crippen molar-refractivity contribution in [3.05, 3.63) is 133 Å². The van der Waals surface area contributed by atoms with Crippen molar-refractivity contribution in [2.75, 3.05) is 0 Å². The van der Waals surface area contributed by atoms with E-state index in [0.29, 0.717) is 0 Å². The number of nitrogens with zero attached hydrogens (tertiary/aromatic N) is 4. The third-order valence-corrected chi connectivity index (χ3v) is 8.09. The molecule has 186 valence electrons. The van der Waals surface area contributed by atoms with E-state index >= 15 is 0 Å². The molecule has 0 unspecified atom stereocenters. The third kappa shape index (κ3) is 2.96. The van der Waals surface area contributed by atoms with Crippen LogP contribution in [0.3, 0.4) is 0 Å². The summed E-state index contributed by atoms with van der Waals surface area (Å²) >= 11 is 0. The Morgan fingerprint density at radius 3 is 1.27 bits per heavy atom. The predicted molar refractivity (Wildman–Crippen MR) is 166 cm³/mol. The number of hydrogen-bond donors (Lipinski definition) is 0. The quantitative estimate of drug-likeness (QED) is 0.233. The summed E-state index contributed by atoms with van der Waals surface area (Å²) in [6, 6.07) is 47.1. The summed E-state index contributed by atoms with van der Waals surface area (Å²) in [4.78, 5) is 10.2. The Hall–Kier alpha value is -5.48. The maximum absolute atomic E-state index is 5.09. The molecule has 0 bridgehead atoms. The molecule has 4 heterocycles. The molecule has 0 amide bonds. The molecule has 0 spiro atoms. The van der Waals surface area contributed by atoms with Gasteiger partial charge in [-0.1, -0.05) is 72.8 Å². The summed E-state index contributed by atoms with van der Waals surface area (Å²) in [5, 5.41) is 7.09. The Kier molecular flexibility index (Phi) is 4.30. The lowest BCUT2D eigenvalue weighted by Gasteiger charge is -2.09. The second kappa shape index (κ2) is 8.01. The number of aromatic nitrogens is 4. The molecule has 4 heteroatoms. The summed E-state index contributed by atoms with van der Waals surface area (Å²) in [7, 11) is 0. The van der Waals surface area contributed by atoms with Gasteiger partial charge in [-0.15, -0.1) is 0 Å².